The molecule has 1 aromatic carbocycles. The summed E-state index contributed by atoms with van der Waals surface area (Å²) in [7, 11) is 0. The normalized spacial score (nSPS) is 13.5. The molecule has 4 rings (SSSR count). The van der Waals surface area contributed by atoms with Crippen LogP contribution in [-0.2, 0) is 17.6 Å². The minimum Gasteiger partial charge on any atom is -0.462 e. The predicted octanol–water partition coefficient (Wildman–Crippen LogP) is 4.49. The maximum absolute atomic E-state index is 11.9. The van der Waals surface area contributed by atoms with Gasteiger partial charge >= 0.3 is 5.97 Å². The molecule has 0 spiro atoms. The molecule has 0 fully saturated rings. The van der Waals surface area contributed by atoms with E-state index in [1.54, 1.807) is 36.7 Å². The van der Waals surface area contributed by atoms with Gasteiger partial charge < -0.3 is 10.1 Å². The van der Waals surface area contributed by atoms with Crippen LogP contribution < -0.4 is 5.32 Å². The number of hydrogen-bond donors (Lipinski definition) is 1. The quantitative estimate of drug-likeness (QED) is 0.700. The van der Waals surface area contributed by atoms with Crippen LogP contribution in [0.2, 0.25) is 0 Å². The van der Waals surface area contributed by atoms with E-state index in [0.29, 0.717) is 12.2 Å². The zero-order valence-electron chi connectivity index (χ0n) is 14.0. The Morgan fingerprint density at radius 1 is 1.28 bits per heavy atom. The molecule has 0 saturated carbocycles. The predicted molar refractivity (Wildman–Crippen MR) is 99.7 cm³/mol. The van der Waals surface area contributed by atoms with E-state index in [9.17, 15) is 4.79 Å². The van der Waals surface area contributed by atoms with E-state index >= 15 is 0 Å². The smallest absolute Gasteiger partial charge is 0.338 e. The number of anilines is 2. The van der Waals surface area contributed by atoms with E-state index in [-0.39, 0.29) is 5.97 Å². The van der Waals surface area contributed by atoms with Gasteiger partial charge in [-0.15, -0.1) is 11.3 Å². The Morgan fingerprint density at radius 2 is 2.16 bits per heavy atom. The highest BCUT2D eigenvalue weighted by atomic mass is 32.1. The van der Waals surface area contributed by atoms with Crippen molar-refractivity contribution >= 4 is 39.0 Å². The van der Waals surface area contributed by atoms with Gasteiger partial charge in [-0.25, -0.2) is 14.8 Å². The average molecular weight is 353 g/mol. The first-order valence-electron chi connectivity index (χ1n) is 8.55. The molecule has 1 aliphatic carbocycles. The zero-order chi connectivity index (χ0) is 17.2. The molecule has 0 amide bonds. The Kier molecular flexibility index (Phi) is 4.36. The van der Waals surface area contributed by atoms with Crippen LogP contribution >= 0.6 is 11.3 Å². The highest BCUT2D eigenvalue weighted by Crippen LogP contribution is 2.38. The summed E-state index contributed by atoms with van der Waals surface area (Å²) in [6.45, 7) is 2.17. The van der Waals surface area contributed by atoms with Crippen LogP contribution in [0, 0.1) is 0 Å². The molecule has 25 heavy (non-hydrogen) atoms. The molecule has 0 atom stereocenters. The number of ether oxygens (including phenoxy) is 1. The van der Waals surface area contributed by atoms with Crippen LogP contribution in [0.4, 0.5) is 11.5 Å². The molecule has 6 heteroatoms. The van der Waals surface area contributed by atoms with Crippen molar-refractivity contribution in [3.63, 3.8) is 0 Å². The number of nitrogens with one attached hydrogen (secondary N) is 1. The molecule has 2 heterocycles. The summed E-state index contributed by atoms with van der Waals surface area (Å²) in [5, 5.41) is 4.50. The highest BCUT2D eigenvalue weighted by molar-refractivity contribution is 7.19. The molecule has 3 aromatic rings. The number of carbonyl (C=O) groups is 1. The van der Waals surface area contributed by atoms with Gasteiger partial charge in [-0.3, -0.25) is 0 Å². The second-order valence-corrected chi connectivity index (χ2v) is 7.12. The summed E-state index contributed by atoms with van der Waals surface area (Å²) >= 11 is 1.77. The Labute approximate surface area is 150 Å². The van der Waals surface area contributed by atoms with Gasteiger partial charge in [-0.2, -0.15) is 0 Å². The van der Waals surface area contributed by atoms with Gasteiger partial charge in [0.25, 0.3) is 0 Å². The second kappa shape index (κ2) is 6.80. The summed E-state index contributed by atoms with van der Waals surface area (Å²) in [5.74, 6) is 0.498. The summed E-state index contributed by atoms with van der Waals surface area (Å²) in [6.07, 6.45) is 6.28. The van der Waals surface area contributed by atoms with Gasteiger partial charge in [-0.1, -0.05) is 6.07 Å². The Hall–Kier alpha value is -2.47. The van der Waals surface area contributed by atoms with Gasteiger partial charge in [0.05, 0.1) is 17.6 Å². The number of aryl methyl sites for hydroxylation is 2. The first-order valence-corrected chi connectivity index (χ1v) is 9.37. The van der Waals surface area contributed by atoms with E-state index in [2.05, 4.69) is 15.3 Å². The SMILES string of the molecule is CCOC(=O)c1cccc(Nc2ncnc3sc4c(c23)CCCC4)c1. The lowest BCUT2D eigenvalue weighted by Gasteiger charge is -2.13. The number of hydrogen-bond acceptors (Lipinski definition) is 6. The number of esters is 1. The van der Waals surface area contributed by atoms with E-state index < -0.39 is 0 Å². The van der Waals surface area contributed by atoms with E-state index in [1.807, 2.05) is 12.1 Å². The van der Waals surface area contributed by atoms with Gasteiger partial charge in [0.15, 0.2) is 0 Å². The maximum atomic E-state index is 11.9. The average Bonchev–Trinajstić information content (AvgIpc) is 3.02. The van der Waals surface area contributed by atoms with Crippen LogP contribution in [-0.4, -0.2) is 22.5 Å². The van der Waals surface area contributed by atoms with Crippen molar-refractivity contribution in [2.24, 2.45) is 0 Å². The summed E-state index contributed by atoms with van der Waals surface area (Å²) in [4.78, 5) is 23.3. The van der Waals surface area contributed by atoms with Crippen molar-refractivity contribution in [1.29, 1.82) is 0 Å². The number of nitrogens with zero attached hydrogens (tertiary/aromatic N) is 2. The van der Waals surface area contributed by atoms with E-state index in [1.165, 1.54) is 23.3 Å². The number of carbonyl (C=O) groups excluding carboxylic acids is 1. The lowest BCUT2D eigenvalue weighted by Crippen LogP contribution is -2.05. The first-order chi connectivity index (χ1) is 12.3. The molecule has 0 saturated heterocycles. The molecule has 0 radical (unpaired) electrons. The molecule has 5 nitrogen and oxygen atoms in total. The van der Waals surface area contributed by atoms with Crippen LogP contribution in [0.5, 0.6) is 0 Å². The highest BCUT2D eigenvalue weighted by Gasteiger charge is 2.20. The maximum Gasteiger partial charge on any atom is 0.338 e. The van der Waals surface area contributed by atoms with Gasteiger partial charge in [0, 0.05) is 10.6 Å². The standard InChI is InChI=1S/C19H19N3O2S/c1-2-24-19(23)12-6-5-7-13(10-12)22-17-16-14-8-3-4-9-15(14)25-18(16)21-11-20-17/h5-7,10-11H,2-4,8-9H2,1H3,(H,20,21,22). The topological polar surface area (TPSA) is 64.1 Å². The summed E-state index contributed by atoms with van der Waals surface area (Å²) < 4.78 is 5.07. The monoisotopic (exact) mass is 353 g/mol. The van der Waals surface area contributed by atoms with Crippen molar-refractivity contribution in [2.75, 3.05) is 11.9 Å². The van der Waals surface area contributed by atoms with Crippen LogP contribution in [0.1, 0.15) is 40.6 Å². The summed E-state index contributed by atoms with van der Waals surface area (Å²) in [6, 6.07) is 7.32. The third kappa shape index (κ3) is 3.09. The number of rotatable bonds is 4. The zero-order valence-corrected chi connectivity index (χ0v) is 14.9. The third-order valence-electron chi connectivity index (χ3n) is 4.39. The van der Waals surface area contributed by atoms with Gasteiger partial charge in [0.2, 0.25) is 0 Å². The molecular weight excluding hydrogens is 334 g/mol. The van der Waals surface area contributed by atoms with Crippen molar-refractivity contribution in [2.45, 2.75) is 32.6 Å². The van der Waals surface area contributed by atoms with Crippen molar-refractivity contribution in [1.82, 2.24) is 9.97 Å². The molecule has 0 bridgehead atoms. The Bertz CT molecular complexity index is 936. The largest absolute Gasteiger partial charge is 0.462 e. The van der Waals surface area contributed by atoms with Gasteiger partial charge in [0.1, 0.15) is 17.0 Å². The van der Waals surface area contributed by atoms with E-state index in [4.69, 9.17) is 4.74 Å². The molecule has 2 aromatic heterocycles. The second-order valence-electron chi connectivity index (χ2n) is 6.04. The van der Waals surface area contributed by atoms with Crippen LogP contribution in [0.3, 0.4) is 0 Å². The summed E-state index contributed by atoms with van der Waals surface area (Å²) in [5.41, 5.74) is 2.74. The van der Waals surface area contributed by atoms with Crippen molar-refractivity contribution in [3.05, 3.63) is 46.6 Å². The first kappa shape index (κ1) is 16.0. The van der Waals surface area contributed by atoms with Crippen molar-refractivity contribution < 1.29 is 9.53 Å². The number of benzene rings is 1. The molecular formula is C19H19N3O2S. The molecule has 0 aliphatic heterocycles. The third-order valence-corrected chi connectivity index (χ3v) is 5.59. The minimum atomic E-state index is -0.313. The lowest BCUT2D eigenvalue weighted by molar-refractivity contribution is 0.0526. The lowest BCUT2D eigenvalue weighted by atomic mass is 9.97. The molecule has 1 aliphatic rings. The van der Waals surface area contributed by atoms with Crippen molar-refractivity contribution in [3.8, 4) is 0 Å². The van der Waals surface area contributed by atoms with Crippen LogP contribution in [0.15, 0.2) is 30.6 Å². The fourth-order valence-electron chi connectivity index (χ4n) is 3.26. The minimum absolute atomic E-state index is 0.313. The number of aromatic nitrogens is 2. The fourth-order valence-corrected chi connectivity index (χ4v) is 4.49. The molecule has 0 unspecified atom stereocenters. The fraction of sp³-hybridized carbons (Fsp3) is 0.316. The number of thiophene rings is 1. The van der Waals surface area contributed by atoms with E-state index in [0.717, 1.165) is 34.6 Å². The number of fused-ring (bicyclic) bond motifs is 3. The van der Waals surface area contributed by atoms with Gasteiger partial charge in [-0.05, 0) is 56.4 Å². The Balaban J connectivity index is 1.70. The Morgan fingerprint density at radius 3 is 3.04 bits per heavy atom. The molecule has 1 N–H and O–H groups in total. The van der Waals surface area contributed by atoms with Crippen LogP contribution in [0.25, 0.3) is 10.2 Å². The molecule has 128 valence electrons.